The van der Waals surface area contributed by atoms with Crippen LogP contribution in [-0.4, -0.2) is 7.11 Å². The van der Waals surface area contributed by atoms with Crippen molar-refractivity contribution in [1.82, 2.24) is 0 Å². The van der Waals surface area contributed by atoms with Crippen molar-refractivity contribution in [2.24, 2.45) is 7.05 Å². The predicted octanol–water partition coefficient (Wildman–Crippen LogP) is 6.02. The van der Waals surface area contributed by atoms with Crippen LogP contribution in [0.25, 0.3) is 34.5 Å². The molecule has 29 heavy (non-hydrogen) atoms. The van der Waals surface area contributed by atoms with Gasteiger partial charge in [0.15, 0.2) is 0 Å². The largest absolute Gasteiger partial charge is 0.497 e. The van der Waals surface area contributed by atoms with Crippen LogP contribution in [0.1, 0.15) is 11.3 Å². The highest BCUT2D eigenvalue weighted by Gasteiger charge is 2.16. The number of ether oxygens (including phenoxy) is 1. The Bertz CT molecular complexity index is 1110. The number of nitrogens with zero attached hydrogens (tertiary/aromatic N) is 1. The van der Waals surface area contributed by atoms with Gasteiger partial charge in [0, 0.05) is 23.8 Å². The van der Waals surface area contributed by atoms with E-state index in [1.54, 1.807) is 7.11 Å². The summed E-state index contributed by atoms with van der Waals surface area (Å²) in [6, 6.07) is 33.6. The average molecular weight is 378 g/mol. The Morgan fingerprint density at radius 2 is 1.28 bits per heavy atom. The van der Waals surface area contributed by atoms with Crippen LogP contribution in [0, 0.1) is 0 Å². The molecule has 0 saturated heterocycles. The Kier molecular flexibility index (Phi) is 5.53. The first kappa shape index (κ1) is 18.7. The van der Waals surface area contributed by atoms with E-state index < -0.39 is 0 Å². The van der Waals surface area contributed by atoms with E-state index in [-0.39, 0.29) is 0 Å². The fraction of sp³-hybridized carbons (Fsp3) is 0.0741. The maximum Gasteiger partial charge on any atom is 0.213 e. The second kappa shape index (κ2) is 8.57. The SMILES string of the molecule is COc1ccc(/C=C/c2cc(-c3ccccc3)cc(-c3ccccc3)[n+]2C)cc1. The maximum absolute atomic E-state index is 5.25. The molecule has 0 atom stereocenters. The van der Waals surface area contributed by atoms with Gasteiger partial charge in [-0.25, -0.2) is 0 Å². The number of hydrogen-bond donors (Lipinski definition) is 0. The number of hydrogen-bond acceptors (Lipinski definition) is 1. The summed E-state index contributed by atoms with van der Waals surface area (Å²) in [6.45, 7) is 0. The third-order valence-corrected chi connectivity index (χ3v) is 5.08. The van der Waals surface area contributed by atoms with E-state index in [1.807, 2.05) is 12.1 Å². The second-order valence-corrected chi connectivity index (χ2v) is 6.95. The molecule has 0 saturated carbocycles. The van der Waals surface area contributed by atoms with Crippen molar-refractivity contribution in [2.75, 3.05) is 7.11 Å². The molecule has 1 heterocycles. The molecule has 0 spiro atoms. The topological polar surface area (TPSA) is 13.1 Å². The van der Waals surface area contributed by atoms with Gasteiger partial charge in [-0.3, -0.25) is 0 Å². The molecule has 0 aliphatic rings. The van der Waals surface area contributed by atoms with Gasteiger partial charge < -0.3 is 4.74 Å². The lowest BCUT2D eigenvalue weighted by Crippen LogP contribution is -2.34. The van der Waals surface area contributed by atoms with Gasteiger partial charge in [-0.05, 0) is 47.0 Å². The molecule has 4 rings (SSSR count). The van der Waals surface area contributed by atoms with E-state index in [1.165, 1.54) is 22.4 Å². The second-order valence-electron chi connectivity index (χ2n) is 6.95. The number of aromatic nitrogens is 1. The molecule has 142 valence electrons. The van der Waals surface area contributed by atoms with Crippen molar-refractivity contribution in [3.05, 3.63) is 108 Å². The van der Waals surface area contributed by atoms with Gasteiger partial charge in [0.2, 0.25) is 11.4 Å². The Hall–Kier alpha value is -3.65. The lowest BCUT2D eigenvalue weighted by molar-refractivity contribution is -0.662. The Morgan fingerprint density at radius 1 is 0.655 bits per heavy atom. The highest BCUT2D eigenvalue weighted by atomic mass is 16.5. The Morgan fingerprint density at radius 3 is 1.90 bits per heavy atom. The first-order valence-corrected chi connectivity index (χ1v) is 9.71. The molecule has 0 fully saturated rings. The average Bonchev–Trinajstić information content (AvgIpc) is 2.80. The fourth-order valence-electron chi connectivity index (χ4n) is 3.42. The predicted molar refractivity (Wildman–Crippen MR) is 120 cm³/mol. The van der Waals surface area contributed by atoms with Gasteiger partial charge >= 0.3 is 0 Å². The van der Waals surface area contributed by atoms with Crippen LogP contribution in [0.3, 0.4) is 0 Å². The minimum atomic E-state index is 0.866. The Balaban J connectivity index is 1.80. The lowest BCUT2D eigenvalue weighted by atomic mass is 10.0. The smallest absolute Gasteiger partial charge is 0.213 e. The molecule has 0 amide bonds. The van der Waals surface area contributed by atoms with Crippen LogP contribution in [0.5, 0.6) is 5.75 Å². The molecule has 0 bridgehead atoms. The maximum atomic E-state index is 5.25. The van der Waals surface area contributed by atoms with Crippen LogP contribution in [0.15, 0.2) is 97.1 Å². The monoisotopic (exact) mass is 378 g/mol. The molecule has 0 N–H and O–H groups in total. The van der Waals surface area contributed by atoms with Crippen LogP contribution in [0.4, 0.5) is 0 Å². The summed E-state index contributed by atoms with van der Waals surface area (Å²) in [6.07, 6.45) is 4.30. The van der Waals surface area contributed by atoms with Crippen LogP contribution < -0.4 is 9.30 Å². The first-order valence-electron chi connectivity index (χ1n) is 9.71. The van der Waals surface area contributed by atoms with Crippen molar-refractivity contribution < 1.29 is 9.30 Å². The fourth-order valence-corrected chi connectivity index (χ4v) is 3.42. The van der Waals surface area contributed by atoms with Crippen molar-refractivity contribution in [3.63, 3.8) is 0 Å². The normalized spacial score (nSPS) is 11.0. The zero-order valence-electron chi connectivity index (χ0n) is 16.7. The number of benzene rings is 3. The summed E-state index contributed by atoms with van der Waals surface area (Å²) in [7, 11) is 3.80. The summed E-state index contributed by atoms with van der Waals surface area (Å²) < 4.78 is 7.49. The minimum Gasteiger partial charge on any atom is -0.497 e. The molecule has 3 aromatic carbocycles. The third kappa shape index (κ3) is 4.27. The summed E-state index contributed by atoms with van der Waals surface area (Å²) in [5.74, 6) is 0.866. The molecule has 1 aromatic heterocycles. The molecule has 0 aliphatic heterocycles. The zero-order valence-corrected chi connectivity index (χ0v) is 16.7. The number of methoxy groups -OCH3 is 1. The van der Waals surface area contributed by atoms with Crippen LogP contribution in [-0.2, 0) is 7.05 Å². The van der Waals surface area contributed by atoms with E-state index in [9.17, 15) is 0 Å². The van der Waals surface area contributed by atoms with Crippen molar-refractivity contribution in [3.8, 4) is 28.1 Å². The molecule has 4 aromatic rings. The van der Waals surface area contributed by atoms with Crippen molar-refractivity contribution >= 4 is 12.2 Å². The minimum absolute atomic E-state index is 0.866. The van der Waals surface area contributed by atoms with E-state index in [2.05, 4.69) is 109 Å². The van der Waals surface area contributed by atoms with Crippen LogP contribution >= 0.6 is 0 Å². The Labute approximate surface area is 172 Å². The third-order valence-electron chi connectivity index (χ3n) is 5.08. The quantitative estimate of drug-likeness (QED) is 0.387. The van der Waals surface area contributed by atoms with Crippen molar-refractivity contribution in [1.29, 1.82) is 0 Å². The highest BCUT2D eigenvalue weighted by molar-refractivity contribution is 5.74. The number of rotatable bonds is 5. The molecule has 2 nitrogen and oxygen atoms in total. The van der Waals surface area contributed by atoms with Crippen LogP contribution in [0.2, 0.25) is 0 Å². The van der Waals surface area contributed by atoms with Gasteiger partial charge in [-0.2, -0.15) is 4.57 Å². The van der Waals surface area contributed by atoms with Gasteiger partial charge in [-0.1, -0.05) is 60.7 Å². The van der Waals surface area contributed by atoms with E-state index >= 15 is 0 Å². The summed E-state index contributed by atoms with van der Waals surface area (Å²) in [5.41, 5.74) is 7.08. The summed E-state index contributed by atoms with van der Waals surface area (Å²) >= 11 is 0. The molecule has 0 unspecified atom stereocenters. The first-order chi connectivity index (χ1) is 14.2. The summed E-state index contributed by atoms with van der Waals surface area (Å²) in [5, 5.41) is 0. The van der Waals surface area contributed by atoms with E-state index in [0.29, 0.717) is 0 Å². The highest BCUT2D eigenvalue weighted by Crippen LogP contribution is 2.25. The van der Waals surface area contributed by atoms with Gasteiger partial charge in [0.25, 0.3) is 0 Å². The van der Waals surface area contributed by atoms with Crippen molar-refractivity contribution in [2.45, 2.75) is 0 Å². The zero-order chi connectivity index (χ0) is 20.1. The summed E-state index contributed by atoms with van der Waals surface area (Å²) in [4.78, 5) is 0. The molecule has 2 heteroatoms. The van der Waals surface area contributed by atoms with Gasteiger partial charge in [0.1, 0.15) is 12.8 Å². The number of pyridine rings is 1. The van der Waals surface area contributed by atoms with Gasteiger partial charge in [-0.15, -0.1) is 0 Å². The van der Waals surface area contributed by atoms with E-state index in [4.69, 9.17) is 4.74 Å². The standard InChI is InChI=1S/C27H24NO/c1-28-25(16-13-21-14-17-26(29-2)18-15-21)19-24(22-9-5-3-6-10-22)20-27(28)23-11-7-4-8-12-23/h3-20H,1-2H3/q+1/b16-13+. The molecular weight excluding hydrogens is 354 g/mol. The van der Waals surface area contributed by atoms with Gasteiger partial charge in [0.05, 0.1) is 7.11 Å². The molecule has 0 radical (unpaired) electrons. The van der Waals surface area contributed by atoms with E-state index in [0.717, 1.165) is 17.0 Å². The molecule has 0 aliphatic carbocycles. The lowest BCUT2D eigenvalue weighted by Gasteiger charge is -2.08. The molecular formula is C27H24NO+.